The number of carbonyl (C=O) groups is 2. The molecular formula is C15H21N3O6. The number of ether oxygens (including phenoxy) is 1. The van der Waals surface area contributed by atoms with E-state index in [2.05, 4.69) is 5.32 Å². The van der Waals surface area contributed by atoms with Crippen LogP contribution in [0.5, 0.6) is 5.75 Å². The van der Waals surface area contributed by atoms with E-state index in [9.17, 15) is 19.7 Å². The van der Waals surface area contributed by atoms with Crippen LogP contribution in [0.15, 0.2) is 18.2 Å². The van der Waals surface area contributed by atoms with Crippen molar-refractivity contribution in [2.45, 2.75) is 26.3 Å². The van der Waals surface area contributed by atoms with Crippen molar-refractivity contribution in [3.05, 3.63) is 28.3 Å². The summed E-state index contributed by atoms with van der Waals surface area (Å²) in [4.78, 5) is 35.1. The third-order valence-corrected chi connectivity index (χ3v) is 3.43. The number of nitrogens with one attached hydrogen (secondary N) is 1. The second kappa shape index (κ2) is 8.82. The minimum absolute atomic E-state index is 0.162. The highest BCUT2D eigenvalue weighted by atomic mass is 16.6. The van der Waals surface area contributed by atoms with Crippen molar-refractivity contribution in [1.29, 1.82) is 0 Å². The fraction of sp³-hybridized carbons (Fsp3) is 0.467. The van der Waals surface area contributed by atoms with Crippen molar-refractivity contribution >= 4 is 23.3 Å². The van der Waals surface area contributed by atoms with Crippen molar-refractivity contribution in [3.8, 4) is 5.75 Å². The maximum Gasteiger partial charge on any atom is 0.317 e. The first kappa shape index (κ1) is 19.4. The highest BCUT2D eigenvalue weighted by Crippen LogP contribution is 2.29. The van der Waals surface area contributed by atoms with Gasteiger partial charge in [-0.15, -0.1) is 0 Å². The molecule has 0 radical (unpaired) electrons. The lowest BCUT2D eigenvalue weighted by Gasteiger charge is -2.26. The van der Waals surface area contributed by atoms with Gasteiger partial charge < -0.3 is 15.2 Å². The Morgan fingerprint density at radius 2 is 2.12 bits per heavy atom. The smallest absolute Gasteiger partial charge is 0.317 e. The Morgan fingerprint density at radius 3 is 2.62 bits per heavy atom. The summed E-state index contributed by atoms with van der Waals surface area (Å²) in [6, 6.07) is 3.14. The van der Waals surface area contributed by atoms with E-state index < -0.39 is 22.8 Å². The predicted octanol–water partition coefficient (Wildman–Crippen LogP) is 1.73. The number of hydrogen-bond acceptors (Lipinski definition) is 6. The summed E-state index contributed by atoms with van der Waals surface area (Å²) in [5.74, 6) is -1.22. The molecule has 9 nitrogen and oxygen atoms in total. The van der Waals surface area contributed by atoms with Crippen molar-refractivity contribution in [1.82, 2.24) is 4.90 Å². The predicted molar refractivity (Wildman–Crippen MR) is 87.2 cm³/mol. The Morgan fingerprint density at radius 1 is 1.46 bits per heavy atom. The van der Waals surface area contributed by atoms with Crippen LogP contribution in [0.25, 0.3) is 0 Å². The molecule has 0 spiro atoms. The molecule has 0 aliphatic rings. The van der Waals surface area contributed by atoms with E-state index in [1.807, 2.05) is 6.92 Å². The van der Waals surface area contributed by atoms with E-state index in [4.69, 9.17) is 9.84 Å². The fourth-order valence-electron chi connectivity index (χ4n) is 2.18. The number of nitro benzene ring substituents is 1. The minimum atomic E-state index is -1.03. The van der Waals surface area contributed by atoms with Gasteiger partial charge in [-0.1, -0.05) is 6.92 Å². The van der Waals surface area contributed by atoms with Crippen LogP contribution in [0.2, 0.25) is 0 Å². The van der Waals surface area contributed by atoms with Gasteiger partial charge in [0.1, 0.15) is 5.75 Å². The normalized spacial score (nSPS) is 11.8. The molecule has 1 unspecified atom stereocenters. The monoisotopic (exact) mass is 339 g/mol. The third-order valence-electron chi connectivity index (χ3n) is 3.43. The van der Waals surface area contributed by atoms with Crippen LogP contribution in [0.4, 0.5) is 11.4 Å². The Labute approximate surface area is 139 Å². The number of anilines is 1. The number of carbonyl (C=O) groups excluding carboxylic acids is 1. The third kappa shape index (κ3) is 5.20. The topological polar surface area (TPSA) is 122 Å². The first-order valence-electron chi connectivity index (χ1n) is 7.39. The molecule has 2 N–H and O–H groups in total. The maximum absolute atomic E-state index is 12.4. The molecule has 1 aromatic carbocycles. The number of rotatable bonds is 9. The lowest BCUT2D eigenvalue weighted by atomic mass is 10.2. The van der Waals surface area contributed by atoms with Gasteiger partial charge in [0.2, 0.25) is 5.91 Å². The van der Waals surface area contributed by atoms with Crippen LogP contribution in [-0.2, 0) is 9.59 Å². The summed E-state index contributed by atoms with van der Waals surface area (Å²) in [7, 11) is 1.38. The van der Waals surface area contributed by atoms with E-state index in [0.717, 1.165) is 0 Å². The van der Waals surface area contributed by atoms with E-state index in [0.29, 0.717) is 13.0 Å². The maximum atomic E-state index is 12.4. The van der Waals surface area contributed by atoms with Crippen molar-refractivity contribution in [2.75, 3.05) is 25.5 Å². The number of carboxylic acids is 1. The van der Waals surface area contributed by atoms with Gasteiger partial charge in [0, 0.05) is 12.1 Å². The zero-order valence-electron chi connectivity index (χ0n) is 13.8. The van der Waals surface area contributed by atoms with E-state index in [1.165, 1.54) is 30.2 Å². The molecule has 0 fully saturated rings. The average molecular weight is 339 g/mol. The largest absolute Gasteiger partial charge is 0.495 e. The van der Waals surface area contributed by atoms with Gasteiger partial charge in [0.15, 0.2) is 0 Å². The molecule has 1 atom stereocenters. The SMILES string of the molecule is CCCN(CC(=O)O)C(C)C(=O)Nc1cc([N+](=O)[O-])ccc1OC. The Bertz CT molecular complexity index is 619. The number of nitrogens with zero attached hydrogens (tertiary/aromatic N) is 2. The second-order valence-corrected chi connectivity index (χ2v) is 5.17. The van der Waals surface area contributed by atoms with Gasteiger partial charge in [-0.3, -0.25) is 24.6 Å². The molecule has 1 amide bonds. The zero-order valence-corrected chi connectivity index (χ0v) is 13.8. The van der Waals surface area contributed by atoms with Crippen LogP contribution in [0.3, 0.4) is 0 Å². The molecule has 0 saturated heterocycles. The zero-order chi connectivity index (χ0) is 18.3. The highest BCUT2D eigenvalue weighted by Gasteiger charge is 2.24. The van der Waals surface area contributed by atoms with E-state index in [-0.39, 0.29) is 23.7 Å². The molecule has 0 heterocycles. The van der Waals surface area contributed by atoms with Crippen molar-refractivity contribution in [2.24, 2.45) is 0 Å². The first-order chi connectivity index (χ1) is 11.3. The molecule has 0 saturated carbocycles. The fourth-order valence-corrected chi connectivity index (χ4v) is 2.18. The molecule has 132 valence electrons. The molecule has 9 heteroatoms. The number of non-ortho nitro benzene ring substituents is 1. The lowest BCUT2D eigenvalue weighted by Crippen LogP contribution is -2.45. The molecule has 0 aliphatic carbocycles. The van der Waals surface area contributed by atoms with Gasteiger partial charge in [0.05, 0.1) is 30.3 Å². The molecule has 1 rings (SSSR count). The Kier molecular flexibility index (Phi) is 7.12. The first-order valence-corrected chi connectivity index (χ1v) is 7.39. The summed E-state index contributed by atoms with van der Waals surface area (Å²) in [6.45, 7) is 3.63. The number of amides is 1. The molecule has 0 aliphatic heterocycles. The minimum Gasteiger partial charge on any atom is -0.495 e. The van der Waals surface area contributed by atoms with Gasteiger partial charge in [-0.25, -0.2) is 0 Å². The Balaban J connectivity index is 2.97. The van der Waals surface area contributed by atoms with Crippen LogP contribution >= 0.6 is 0 Å². The molecular weight excluding hydrogens is 318 g/mol. The molecule has 1 aromatic rings. The molecule has 24 heavy (non-hydrogen) atoms. The van der Waals surface area contributed by atoms with Gasteiger partial charge in [-0.2, -0.15) is 0 Å². The van der Waals surface area contributed by atoms with Gasteiger partial charge >= 0.3 is 5.97 Å². The summed E-state index contributed by atoms with van der Waals surface area (Å²) in [5, 5.41) is 22.4. The van der Waals surface area contributed by atoms with Gasteiger partial charge in [0.25, 0.3) is 5.69 Å². The van der Waals surface area contributed by atoms with E-state index in [1.54, 1.807) is 6.92 Å². The number of carboxylic acid groups (broad SMARTS) is 1. The van der Waals surface area contributed by atoms with Crippen LogP contribution < -0.4 is 10.1 Å². The summed E-state index contributed by atoms with van der Waals surface area (Å²) < 4.78 is 5.09. The van der Waals surface area contributed by atoms with Crippen molar-refractivity contribution in [3.63, 3.8) is 0 Å². The quantitative estimate of drug-likeness (QED) is 0.519. The summed E-state index contributed by atoms with van der Waals surface area (Å²) >= 11 is 0. The number of hydrogen-bond donors (Lipinski definition) is 2. The van der Waals surface area contributed by atoms with Crippen LogP contribution in [0, 0.1) is 10.1 Å². The van der Waals surface area contributed by atoms with Crippen LogP contribution in [0.1, 0.15) is 20.3 Å². The lowest BCUT2D eigenvalue weighted by molar-refractivity contribution is -0.384. The number of nitro groups is 1. The van der Waals surface area contributed by atoms with Gasteiger partial charge in [-0.05, 0) is 26.0 Å². The molecule has 0 bridgehead atoms. The average Bonchev–Trinajstić information content (AvgIpc) is 2.53. The second-order valence-electron chi connectivity index (χ2n) is 5.17. The highest BCUT2D eigenvalue weighted by molar-refractivity contribution is 5.96. The van der Waals surface area contributed by atoms with Crippen LogP contribution in [-0.4, -0.2) is 53.0 Å². The Hall–Kier alpha value is -2.68. The number of benzene rings is 1. The molecule has 0 aromatic heterocycles. The van der Waals surface area contributed by atoms with Crippen molar-refractivity contribution < 1.29 is 24.4 Å². The number of methoxy groups -OCH3 is 1. The summed E-state index contributed by atoms with van der Waals surface area (Å²) in [5.41, 5.74) is -0.0231. The standard InChI is InChI=1S/C15H21N3O6/c1-4-7-17(9-14(19)20)10(2)15(21)16-12-8-11(18(22)23)5-6-13(12)24-3/h5-6,8,10H,4,7,9H2,1-3H3,(H,16,21)(H,19,20). The number of aliphatic carboxylic acids is 1. The summed E-state index contributed by atoms with van der Waals surface area (Å²) in [6.07, 6.45) is 0.686. The van der Waals surface area contributed by atoms with E-state index >= 15 is 0 Å².